The monoisotopic (exact) mass is 217 g/mol. The molecule has 1 rings (SSSR count). The SMILES string of the molecule is COCC(CNCC1CCC(C)O1)OC. The Labute approximate surface area is 92.3 Å². The Bertz CT molecular complexity index is 162. The number of rotatable bonds is 7. The smallest absolute Gasteiger partial charge is 0.0928 e. The van der Waals surface area contributed by atoms with Gasteiger partial charge in [-0.1, -0.05) is 0 Å². The molecule has 0 amide bonds. The average molecular weight is 217 g/mol. The molecule has 4 heteroatoms. The normalized spacial score (nSPS) is 28.2. The highest BCUT2D eigenvalue weighted by molar-refractivity contribution is 4.73. The maximum absolute atomic E-state index is 5.70. The van der Waals surface area contributed by atoms with Crippen LogP contribution in [0.25, 0.3) is 0 Å². The van der Waals surface area contributed by atoms with E-state index in [4.69, 9.17) is 14.2 Å². The van der Waals surface area contributed by atoms with Crippen LogP contribution < -0.4 is 5.32 Å². The first-order valence-corrected chi connectivity index (χ1v) is 5.64. The highest BCUT2D eigenvalue weighted by atomic mass is 16.5. The van der Waals surface area contributed by atoms with Gasteiger partial charge in [0, 0.05) is 27.3 Å². The third kappa shape index (κ3) is 4.93. The van der Waals surface area contributed by atoms with Crippen LogP contribution in [0.1, 0.15) is 19.8 Å². The molecule has 0 bridgehead atoms. The van der Waals surface area contributed by atoms with Crippen molar-refractivity contribution in [3.63, 3.8) is 0 Å². The quantitative estimate of drug-likeness (QED) is 0.685. The minimum Gasteiger partial charge on any atom is -0.382 e. The molecule has 1 saturated heterocycles. The summed E-state index contributed by atoms with van der Waals surface area (Å²) in [5.74, 6) is 0. The summed E-state index contributed by atoms with van der Waals surface area (Å²) in [6, 6.07) is 0. The van der Waals surface area contributed by atoms with E-state index in [1.54, 1.807) is 14.2 Å². The molecule has 0 aromatic heterocycles. The molecule has 4 nitrogen and oxygen atoms in total. The van der Waals surface area contributed by atoms with Crippen molar-refractivity contribution < 1.29 is 14.2 Å². The molecule has 1 fully saturated rings. The third-order valence-corrected chi connectivity index (χ3v) is 2.75. The van der Waals surface area contributed by atoms with Gasteiger partial charge in [-0.05, 0) is 19.8 Å². The van der Waals surface area contributed by atoms with E-state index in [1.807, 2.05) is 0 Å². The van der Waals surface area contributed by atoms with Gasteiger partial charge in [0.05, 0.1) is 24.9 Å². The van der Waals surface area contributed by atoms with Gasteiger partial charge in [-0.2, -0.15) is 0 Å². The molecule has 15 heavy (non-hydrogen) atoms. The van der Waals surface area contributed by atoms with Crippen molar-refractivity contribution in [1.82, 2.24) is 5.32 Å². The van der Waals surface area contributed by atoms with Gasteiger partial charge in [-0.25, -0.2) is 0 Å². The zero-order valence-corrected chi connectivity index (χ0v) is 9.99. The fraction of sp³-hybridized carbons (Fsp3) is 1.00. The second-order valence-corrected chi connectivity index (χ2v) is 4.12. The molecule has 90 valence electrons. The lowest BCUT2D eigenvalue weighted by Crippen LogP contribution is -2.36. The topological polar surface area (TPSA) is 39.7 Å². The van der Waals surface area contributed by atoms with Crippen LogP contribution in [-0.2, 0) is 14.2 Å². The maximum atomic E-state index is 5.70. The summed E-state index contributed by atoms with van der Waals surface area (Å²) < 4.78 is 16.0. The van der Waals surface area contributed by atoms with Gasteiger partial charge in [-0.15, -0.1) is 0 Å². The molecular weight excluding hydrogens is 194 g/mol. The number of hydrogen-bond donors (Lipinski definition) is 1. The van der Waals surface area contributed by atoms with Gasteiger partial charge < -0.3 is 19.5 Å². The molecule has 1 heterocycles. The van der Waals surface area contributed by atoms with Gasteiger partial charge in [0.2, 0.25) is 0 Å². The van der Waals surface area contributed by atoms with Crippen LogP contribution in [-0.4, -0.2) is 52.2 Å². The zero-order valence-electron chi connectivity index (χ0n) is 9.99. The van der Waals surface area contributed by atoms with Gasteiger partial charge in [0.25, 0.3) is 0 Å². The first-order valence-electron chi connectivity index (χ1n) is 5.64. The van der Waals surface area contributed by atoms with Crippen LogP contribution in [0.4, 0.5) is 0 Å². The Balaban J connectivity index is 2.04. The summed E-state index contributed by atoms with van der Waals surface area (Å²) in [6.45, 7) is 4.49. The second-order valence-electron chi connectivity index (χ2n) is 4.12. The van der Waals surface area contributed by atoms with E-state index in [0.717, 1.165) is 19.5 Å². The number of methoxy groups -OCH3 is 2. The lowest BCUT2D eigenvalue weighted by atomic mass is 10.2. The molecule has 0 aliphatic carbocycles. The van der Waals surface area contributed by atoms with E-state index in [-0.39, 0.29) is 6.10 Å². The summed E-state index contributed by atoms with van der Waals surface area (Å²) in [5.41, 5.74) is 0. The average Bonchev–Trinajstić information content (AvgIpc) is 2.63. The first-order chi connectivity index (χ1) is 7.26. The van der Waals surface area contributed by atoms with E-state index in [1.165, 1.54) is 6.42 Å². The van der Waals surface area contributed by atoms with Gasteiger partial charge in [-0.3, -0.25) is 0 Å². The molecule has 3 unspecified atom stereocenters. The minimum atomic E-state index is 0.133. The Hall–Kier alpha value is -0.160. The molecule has 0 aromatic rings. The largest absolute Gasteiger partial charge is 0.382 e. The minimum absolute atomic E-state index is 0.133. The van der Waals surface area contributed by atoms with Gasteiger partial charge >= 0.3 is 0 Å². The molecule has 0 aromatic carbocycles. The second kappa shape index (κ2) is 7.17. The Morgan fingerprint density at radius 2 is 2.20 bits per heavy atom. The van der Waals surface area contributed by atoms with E-state index in [9.17, 15) is 0 Å². The Kier molecular flexibility index (Phi) is 6.17. The maximum Gasteiger partial charge on any atom is 0.0928 e. The van der Waals surface area contributed by atoms with E-state index < -0.39 is 0 Å². The van der Waals surface area contributed by atoms with Crippen molar-refractivity contribution in [2.45, 2.75) is 38.1 Å². The summed E-state index contributed by atoms with van der Waals surface area (Å²) in [5, 5.41) is 3.35. The van der Waals surface area contributed by atoms with Crippen LogP contribution in [0.15, 0.2) is 0 Å². The lowest BCUT2D eigenvalue weighted by Gasteiger charge is -2.17. The van der Waals surface area contributed by atoms with Crippen molar-refractivity contribution in [2.75, 3.05) is 33.9 Å². The van der Waals surface area contributed by atoms with Crippen LogP contribution in [0.3, 0.4) is 0 Å². The predicted octanol–water partition coefficient (Wildman–Crippen LogP) is 0.805. The molecule has 0 spiro atoms. The summed E-state index contributed by atoms with van der Waals surface area (Å²) in [6.07, 6.45) is 3.27. The Morgan fingerprint density at radius 1 is 1.40 bits per heavy atom. The molecule has 0 radical (unpaired) electrons. The highest BCUT2D eigenvalue weighted by Crippen LogP contribution is 2.17. The number of nitrogens with one attached hydrogen (secondary N) is 1. The standard InChI is InChI=1S/C11H23NO3/c1-9-4-5-10(15-9)6-12-7-11(14-3)8-13-2/h9-12H,4-8H2,1-3H3. The third-order valence-electron chi connectivity index (χ3n) is 2.75. The first kappa shape index (κ1) is 12.9. The molecule has 1 aliphatic rings. The summed E-state index contributed by atoms with van der Waals surface area (Å²) >= 11 is 0. The van der Waals surface area contributed by atoms with Crippen molar-refractivity contribution >= 4 is 0 Å². The summed E-state index contributed by atoms with van der Waals surface area (Å²) in [7, 11) is 3.40. The fourth-order valence-corrected chi connectivity index (χ4v) is 1.84. The number of ether oxygens (including phenoxy) is 3. The van der Waals surface area contributed by atoms with Crippen molar-refractivity contribution in [3.8, 4) is 0 Å². The van der Waals surface area contributed by atoms with Crippen LogP contribution in [0.2, 0.25) is 0 Å². The molecule has 3 atom stereocenters. The van der Waals surface area contributed by atoms with Crippen molar-refractivity contribution in [2.24, 2.45) is 0 Å². The zero-order chi connectivity index (χ0) is 11.1. The Morgan fingerprint density at radius 3 is 2.73 bits per heavy atom. The van der Waals surface area contributed by atoms with Crippen molar-refractivity contribution in [3.05, 3.63) is 0 Å². The van der Waals surface area contributed by atoms with Gasteiger partial charge in [0.1, 0.15) is 0 Å². The summed E-state index contributed by atoms with van der Waals surface area (Å²) in [4.78, 5) is 0. The van der Waals surface area contributed by atoms with Crippen molar-refractivity contribution in [1.29, 1.82) is 0 Å². The van der Waals surface area contributed by atoms with Crippen LogP contribution in [0.5, 0.6) is 0 Å². The van der Waals surface area contributed by atoms with Crippen LogP contribution in [0, 0.1) is 0 Å². The predicted molar refractivity (Wildman–Crippen MR) is 59.1 cm³/mol. The van der Waals surface area contributed by atoms with Gasteiger partial charge in [0.15, 0.2) is 0 Å². The van der Waals surface area contributed by atoms with E-state index in [2.05, 4.69) is 12.2 Å². The molecule has 1 aliphatic heterocycles. The molecular formula is C11H23NO3. The van der Waals surface area contributed by atoms with Crippen LogP contribution >= 0.6 is 0 Å². The lowest BCUT2D eigenvalue weighted by molar-refractivity contribution is 0.0223. The number of hydrogen-bond acceptors (Lipinski definition) is 4. The van der Waals surface area contributed by atoms with E-state index in [0.29, 0.717) is 18.8 Å². The van der Waals surface area contributed by atoms with E-state index >= 15 is 0 Å². The molecule has 0 saturated carbocycles. The molecule has 1 N–H and O–H groups in total. The highest BCUT2D eigenvalue weighted by Gasteiger charge is 2.21. The fourth-order valence-electron chi connectivity index (χ4n) is 1.84.